The number of methoxy groups -OCH3 is 1. The van der Waals surface area contributed by atoms with Gasteiger partial charge in [-0.1, -0.05) is 22.0 Å². The molecular weight excluding hydrogens is 402 g/mol. The average Bonchev–Trinajstić information content (AvgIpc) is 2.53. The van der Waals surface area contributed by atoms with Crippen LogP contribution in [0.2, 0.25) is 0 Å². The molecule has 0 spiro atoms. The third kappa shape index (κ3) is 3.85. The van der Waals surface area contributed by atoms with Crippen LogP contribution in [0.1, 0.15) is 23.1 Å². The van der Waals surface area contributed by atoms with Gasteiger partial charge in [0.15, 0.2) is 9.84 Å². The summed E-state index contributed by atoms with van der Waals surface area (Å²) in [6, 6.07) is 9.73. The van der Waals surface area contributed by atoms with E-state index in [4.69, 9.17) is 4.74 Å². The Morgan fingerprint density at radius 1 is 1.24 bits per heavy atom. The van der Waals surface area contributed by atoms with E-state index in [0.29, 0.717) is 12.3 Å². The molecule has 134 valence electrons. The van der Waals surface area contributed by atoms with Crippen LogP contribution in [-0.4, -0.2) is 28.3 Å². The summed E-state index contributed by atoms with van der Waals surface area (Å²) in [6.45, 7) is 3.77. The van der Waals surface area contributed by atoms with Crippen LogP contribution < -0.4 is 9.64 Å². The van der Waals surface area contributed by atoms with Gasteiger partial charge in [0, 0.05) is 29.5 Å². The highest BCUT2D eigenvalue weighted by atomic mass is 79.9. The smallest absolute Gasteiger partial charge is 0.179 e. The van der Waals surface area contributed by atoms with Gasteiger partial charge in [0.1, 0.15) is 10.6 Å². The molecule has 0 saturated carbocycles. The number of benzene rings is 2. The Morgan fingerprint density at radius 2 is 2.00 bits per heavy atom. The highest BCUT2D eigenvalue weighted by Crippen LogP contribution is 2.35. The Balaban J connectivity index is 1.98. The van der Waals surface area contributed by atoms with Gasteiger partial charge in [-0.2, -0.15) is 0 Å². The number of fused-ring (bicyclic) bond motifs is 1. The molecule has 6 heteroatoms. The Kier molecular flexibility index (Phi) is 5.11. The molecule has 0 aromatic heterocycles. The molecule has 0 unspecified atom stereocenters. The number of hydrogen-bond acceptors (Lipinski definition) is 4. The molecule has 1 aliphatic rings. The van der Waals surface area contributed by atoms with Gasteiger partial charge in [0.05, 0.1) is 7.11 Å². The van der Waals surface area contributed by atoms with Gasteiger partial charge in [-0.05, 0) is 60.7 Å². The van der Waals surface area contributed by atoms with Crippen molar-refractivity contribution in [1.82, 2.24) is 0 Å². The molecule has 4 nitrogen and oxygen atoms in total. The van der Waals surface area contributed by atoms with Crippen LogP contribution in [-0.2, 0) is 22.8 Å². The first-order valence-corrected chi connectivity index (χ1v) is 10.9. The van der Waals surface area contributed by atoms with E-state index in [1.54, 1.807) is 12.1 Å². The van der Waals surface area contributed by atoms with E-state index in [2.05, 4.69) is 39.9 Å². The molecule has 0 atom stereocenters. The van der Waals surface area contributed by atoms with Gasteiger partial charge >= 0.3 is 0 Å². The summed E-state index contributed by atoms with van der Waals surface area (Å²) in [5, 5.41) is 0. The molecular formula is C19H22BrNO3S. The summed E-state index contributed by atoms with van der Waals surface area (Å²) < 4.78 is 30.4. The number of halogens is 1. The molecule has 2 aromatic carbocycles. The van der Waals surface area contributed by atoms with E-state index in [1.807, 2.05) is 6.07 Å². The minimum atomic E-state index is -3.33. The lowest BCUT2D eigenvalue weighted by Gasteiger charge is -2.33. The topological polar surface area (TPSA) is 46.6 Å². The summed E-state index contributed by atoms with van der Waals surface area (Å²) in [4.78, 5) is 2.59. The second kappa shape index (κ2) is 7.00. The Morgan fingerprint density at radius 3 is 2.68 bits per heavy atom. The summed E-state index contributed by atoms with van der Waals surface area (Å²) in [5.74, 6) is 0.394. The number of anilines is 1. The second-order valence-corrected chi connectivity index (χ2v) is 9.41. The van der Waals surface area contributed by atoms with Gasteiger partial charge in [0.2, 0.25) is 0 Å². The molecule has 0 amide bonds. The highest BCUT2D eigenvalue weighted by molar-refractivity contribution is 9.10. The standard InChI is InChI=1S/C19H22BrNO3S/c1-13-9-16(20)11-15-5-4-8-21(19(13)15)12-14-6-7-17(24-2)18(10-14)25(3,22)23/h6-7,9-11H,4-5,8,12H2,1-3H3. The molecule has 0 bridgehead atoms. The molecule has 0 radical (unpaired) electrons. The van der Waals surface area contributed by atoms with Crippen LogP contribution in [0.15, 0.2) is 39.7 Å². The molecule has 2 aromatic rings. The summed E-state index contributed by atoms with van der Waals surface area (Å²) >= 11 is 3.58. The minimum absolute atomic E-state index is 0.247. The Hall–Kier alpha value is -1.53. The zero-order valence-electron chi connectivity index (χ0n) is 14.7. The maximum absolute atomic E-state index is 12.0. The zero-order valence-corrected chi connectivity index (χ0v) is 17.1. The Labute approximate surface area is 157 Å². The number of aryl methyl sites for hydroxylation is 2. The van der Waals surface area contributed by atoms with Crippen LogP contribution in [0.3, 0.4) is 0 Å². The molecule has 0 N–H and O–H groups in total. The van der Waals surface area contributed by atoms with Crippen molar-refractivity contribution >= 4 is 31.5 Å². The van der Waals surface area contributed by atoms with E-state index in [-0.39, 0.29) is 4.90 Å². The van der Waals surface area contributed by atoms with E-state index in [9.17, 15) is 8.42 Å². The number of rotatable bonds is 4. The fraction of sp³-hybridized carbons (Fsp3) is 0.368. The monoisotopic (exact) mass is 423 g/mol. The van der Waals surface area contributed by atoms with E-state index >= 15 is 0 Å². The second-order valence-electron chi connectivity index (χ2n) is 6.51. The first-order chi connectivity index (χ1) is 11.8. The lowest BCUT2D eigenvalue weighted by molar-refractivity contribution is 0.402. The summed E-state index contributed by atoms with van der Waals surface area (Å²) in [6.07, 6.45) is 3.38. The lowest BCUT2D eigenvalue weighted by Crippen LogP contribution is -2.29. The predicted octanol–water partition coefficient (Wildman–Crippen LogP) is 4.12. The van der Waals surface area contributed by atoms with Crippen LogP contribution in [0.5, 0.6) is 5.75 Å². The number of nitrogens with zero attached hydrogens (tertiary/aromatic N) is 1. The van der Waals surface area contributed by atoms with Crippen LogP contribution in [0.4, 0.5) is 5.69 Å². The van der Waals surface area contributed by atoms with Crippen LogP contribution in [0, 0.1) is 6.92 Å². The van der Waals surface area contributed by atoms with Crippen LogP contribution >= 0.6 is 15.9 Å². The molecule has 1 aliphatic heterocycles. The molecule has 0 saturated heterocycles. The third-order valence-electron chi connectivity index (χ3n) is 4.54. The molecule has 0 aliphatic carbocycles. The fourth-order valence-electron chi connectivity index (χ4n) is 3.51. The normalized spacial score (nSPS) is 14.3. The van der Waals surface area contributed by atoms with Crippen LogP contribution in [0.25, 0.3) is 0 Å². The van der Waals surface area contributed by atoms with Crippen molar-refractivity contribution in [2.75, 3.05) is 24.8 Å². The van der Waals surface area contributed by atoms with Crippen molar-refractivity contribution in [1.29, 1.82) is 0 Å². The summed E-state index contributed by atoms with van der Waals surface area (Å²) in [7, 11) is -1.84. The first kappa shape index (κ1) is 18.3. The minimum Gasteiger partial charge on any atom is -0.495 e. The maximum Gasteiger partial charge on any atom is 0.179 e. The van der Waals surface area contributed by atoms with Crippen molar-refractivity contribution in [2.24, 2.45) is 0 Å². The molecule has 1 heterocycles. The summed E-state index contributed by atoms with van der Waals surface area (Å²) in [5.41, 5.74) is 4.82. The molecule has 25 heavy (non-hydrogen) atoms. The third-order valence-corrected chi connectivity index (χ3v) is 6.11. The number of ether oxygens (including phenoxy) is 1. The van der Waals surface area contributed by atoms with Gasteiger partial charge in [0.25, 0.3) is 0 Å². The average molecular weight is 424 g/mol. The van der Waals surface area contributed by atoms with Crippen molar-refractivity contribution in [3.05, 3.63) is 51.5 Å². The largest absolute Gasteiger partial charge is 0.495 e. The molecule has 0 fully saturated rings. The van der Waals surface area contributed by atoms with Crippen molar-refractivity contribution in [3.8, 4) is 5.75 Å². The highest BCUT2D eigenvalue weighted by Gasteiger charge is 2.21. The number of hydrogen-bond donors (Lipinski definition) is 0. The van der Waals surface area contributed by atoms with Crippen molar-refractivity contribution < 1.29 is 13.2 Å². The SMILES string of the molecule is COc1ccc(CN2CCCc3cc(Br)cc(C)c32)cc1S(C)(=O)=O. The predicted molar refractivity (Wildman–Crippen MR) is 104 cm³/mol. The fourth-order valence-corrected chi connectivity index (χ4v) is 5.01. The molecule has 3 rings (SSSR count). The van der Waals surface area contributed by atoms with Gasteiger partial charge in [-0.25, -0.2) is 8.42 Å². The van der Waals surface area contributed by atoms with E-state index < -0.39 is 9.84 Å². The first-order valence-electron chi connectivity index (χ1n) is 8.20. The van der Waals surface area contributed by atoms with Gasteiger partial charge in [-0.15, -0.1) is 0 Å². The zero-order chi connectivity index (χ0) is 18.2. The van der Waals surface area contributed by atoms with Gasteiger partial charge in [-0.3, -0.25) is 0 Å². The van der Waals surface area contributed by atoms with E-state index in [1.165, 1.54) is 30.2 Å². The van der Waals surface area contributed by atoms with Gasteiger partial charge < -0.3 is 9.64 Å². The van der Waals surface area contributed by atoms with E-state index in [0.717, 1.165) is 29.4 Å². The quantitative estimate of drug-likeness (QED) is 0.741. The Bertz CT molecular complexity index is 909. The lowest BCUT2D eigenvalue weighted by atomic mass is 9.97. The maximum atomic E-state index is 12.0. The number of sulfone groups is 1. The van der Waals surface area contributed by atoms with Crippen molar-refractivity contribution in [2.45, 2.75) is 31.2 Å². The van der Waals surface area contributed by atoms with Crippen molar-refractivity contribution in [3.63, 3.8) is 0 Å².